The SMILES string of the molecule is CCCCCCCOCC(C)(NCCC)C(N)=O. The maximum atomic E-state index is 11.4. The quantitative estimate of drug-likeness (QED) is 0.528. The maximum absolute atomic E-state index is 11.4. The minimum absolute atomic E-state index is 0.345. The molecule has 0 rings (SSSR count). The van der Waals surface area contributed by atoms with Gasteiger partial charge in [0.1, 0.15) is 5.54 Å². The monoisotopic (exact) mass is 258 g/mol. The Bertz CT molecular complexity index is 222. The highest BCUT2D eigenvalue weighted by Crippen LogP contribution is 2.06. The number of carbonyl (C=O) groups excluding carboxylic acids is 1. The Kier molecular flexibility index (Phi) is 9.98. The Balaban J connectivity index is 3.73. The van der Waals surface area contributed by atoms with E-state index in [-0.39, 0.29) is 5.91 Å². The molecule has 1 amide bonds. The molecule has 0 aromatic heterocycles. The molecule has 1 atom stereocenters. The first-order valence-electron chi connectivity index (χ1n) is 7.19. The highest BCUT2D eigenvalue weighted by molar-refractivity contribution is 5.84. The Labute approximate surface area is 112 Å². The van der Waals surface area contributed by atoms with Crippen molar-refractivity contribution in [2.75, 3.05) is 19.8 Å². The summed E-state index contributed by atoms with van der Waals surface area (Å²) in [6.45, 7) is 7.91. The number of carbonyl (C=O) groups is 1. The van der Waals surface area contributed by atoms with E-state index < -0.39 is 5.54 Å². The standard InChI is InChI=1S/C14H30N2O2/c1-4-6-7-8-9-11-18-12-14(3,13(15)17)16-10-5-2/h16H,4-12H2,1-3H3,(H2,15,17). The zero-order valence-electron chi connectivity index (χ0n) is 12.3. The van der Waals surface area contributed by atoms with Crippen molar-refractivity contribution in [2.24, 2.45) is 5.73 Å². The molecule has 0 aliphatic rings. The van der Waals surface area contributed by atoms with E-state index in [0.29, 0.717) is 13.2 Å². The number of nitrogens with one attached hydrogen (secondary N) is 1. The Hall–Kier alpha value is -0.610. The molecule has 108 valence electrons. The highest BCUT2D eigenvalue weighted by atomic mass is 16.5. The fourth-order valence-corrected chi connectivity index (χ4v) is 1.69. The molecule has 0 aliphatic carbocycles. The average molecular weight is 258 g/mol. The largest absolute Gasteiger partial charge is 0.379 e. The van der Waals surface area contributed by atoms with Crippen molar-refractivity contribution in [2.45, 2.75) is 64.8 Å². The number of hydrogen-bond donors (Lipinski definition) is 2. The van der Waals surface area contributed by atoms with Gasteiger partial charge in [-0.05, 0) is 26.3 Å². The van der Waals surface area contributed by atoms with E-state index in [9.17, 15) is 4.79 Å². The summed E-state index contributed by atoms with van der Waals surface area (Å²) in [5, 5.41) is 3.16. The molecule has 0 aromatic carbocycles. The van der Waals surface area contributed by atoms with Gasteiger partial charge >= 0.3 is 0 Å². The second-order valence-electron chi connectivity index (χ2n) is 5.09. The molecule has 18 heavy (non-hydrogen) atoms. The summed E-state index contributed by atoms with van der Waals surface area (Å²) >= 11 is 0. The molecular weight excluding hydrogens is 228 g/mol. The highest BCUT2D eigenvalue weighted by Gasteiger charge is 2.30. The lowest BCUT2D eigenvalue weighted by molar-refractivity contribution is -0.126. The number of rotatable bonds is 12. The Morgan fingerprint density at radius 3 is 2.39 bits per heavy atom. The zero-order valence-corrected chi connectivity index (χ0v) is 12.3. The normalized spacial score (nSPS) is 14.4. The van der Waals surface area contributed by atoms with Crippen LogP contribution >= 0.6 is 0 Å². The van der Waals surface area contributed by atoms with Gasteiger partial charge in [-0.25, -0.2) is 0 Å². The van der Waals surface area contributed by atoms with Crippen molar-refractivity contribution in [3.63, 3.8) is 0 Å². The third-order valence-electron chi connectivity index (χ3n) is 3.09. The van der Waals surface area contributed by atoms with Gasteiger partial charge in [0.25, 0.3) is 0 Å². The van der Waals surface area contributed by atoms with Crippen molar-refractivity contribution in [3.8, 4) is 0 Å². The first-order chi connectivity index (χ1) is 8.56. The van der Waals surface area contributed by atoms with Gasteiger partial charge in [-0.2, -0.15) is 0 Å². The van der Waals surface area contributed by atoms with Crippen LogP contribution in [0, 0.1) is 0 Å². The van der Waals surface area contributed by atoms with Gasteiger partial charge in [0.05, 0.1) is 6.61 Å². The maximum Gasteiger partial charge on any atom is 0.239 e. The first kappa shape index (κ1) is 17.4. The second kappa shape index (κ2) is 10.3. The molecule has 1 unspecified atom stereocenters. The predicted molar refractivity (Wildman–Crippen MR) is 75.5 cm³/mol. The average Bonchev–Trinajstić information content (AvgIpc) is 2.35. The van der Waals surface area contributed by atoms with Gasteiger partial charge in [0, 0.05) is 6.61 Å². The topological polar surface area (TPSA) is 64.3 Å². The number of nitrogens with two attached hydrogens (primary N) is 1. The van der Waals surface area contributed by atoms with Crippen molar-refractivity contribution in [1.29, 1.82) is 0 Å². The third kappa shape index (κ3) is 7.67. The molecule has 0 saturated carbocycles. The Morgan fingerprint density at radius 2 is 1.83 bits per heavy atom. The summed E-state index contributed by atoms with van der Waals surface area (Å²) < 4.78 is 5.57. The summed E-state index contributed by atoms with van der Waals surface area (Å²) in [6, 6.07) is 0. The van der Waals surface area contributed by atoms with Crippen LogP contribution in [0.3, 0.4) is 0 Å². The molecule has 3 N–H and O–H groups in total. The van der Waals surface area contributed by atoms with Crippen LogP contribution < -0.4 is 11.1 Å². The molecule has 0 saturated heterocycles. The lowest BCUT2D eigenvalue weighted by Crippen LogP contribution is -2.56. The van der Waals surface area contributed by atoms with Crippen molar-refractivity contribution < 1.29 is 9.53 Å². The van der Waals surface area contributed by atoms with Crippen LogP contribution in [0.15, 0.2) is 0 Å². The van der Waals surface area contributed by atoms with Crippen LogP contribution in [0.2, 0.25) is 0 Å². The van der Waals surface area contributed by atoms with E-state index in [1.165, 1.54) is 25.7 Å². The third-order valence-corrected chi connectivity index (χ3v) is 3.09. The van der Waals surface area contributed by atoms with Gasteiger partial charge in [-0.1, -0.05) is 39.5 Å². The molecule has 0 bridgehead atoms. The van der Waals surface area contributed by atoms with Gasteiger partial charge in [0.15, 0.2) is 0 Å². The lowest BCUT2D eigenvalue weighted by Gasteiger charge is -2.27. The van der Waals surface area contributed by atoms with Crippen molar-refractivity contribution in [3.05, 3.63) is 0 Å². The number of primary amides is 1. The van der Waals surface area contributed by atoms with Gasteiger partial charge < -0.3 is 15.8 Å². The predicted octanol–water partition coefficient (Wildman–Crippen LogP) is 2.22. The number of amides is 1. The zero-order chi connectivity index (χ0) is 13.9. The fourth-order valence-electron chi connectivity index (χ4n) is 1.69. The summed E-state index contributed by atoms with van der Waals surface area (Å²) in [4.78, 5) is 11.4. The van der Waals surface area contributed by atoms with Crippen LogP contribution in [-0.2, 0) is 9.53 Å². The Morgan fingerprint density at radius 1 is 1.17 bits per heavy atom. The summed E-state index contributed by atoms with van der Waals surface area (Å²) in [5.41, 5.74) is 4.67. The molecule has 4 nitrogen and oxygen atoms in total. The molecule has 4 heteroatoms. The van der Waals surface area contributed by atoms with Crippen molar-refractivity contribution in [1.82, 2.24) is 5.32 Å². The molecule has 0 radical (unpaired) electrons. The van der Waals surface area contributed by atoms with Crippen LogP contribution in [-0.4, -0.2) is 31.2 Å². The van der Waals surface area contributed by atoms with E-state index in [0.717, 1.165) is 19.4 Å². The van der Waals surface area contributed by atoms with Crippen LogP contribution in [0.25, 0.3) is 0 Å². The van der Waals surface area contributed by atoms with Gasteiger partial charge in [-0.15, -0.1) is 0 Å². The van der Waals surface area contributed by atoms with Crippen LogP contribution in [0.5, 0.6) is 0 Å². The minimum Gasteiger partial charge on any atom is -0.379 e. The second-order valence-corrected chi connectivity index (χ2v) is 5.09. The van der Waals surface area contributed by atoms with E-state index in [2.05, 4.69) is 19.2 Å². The first-order valence-corrected chi connectivity index (χ1v) is 7.19. The number of unbranched alkanes of at least 4 members (excludes halogenated alkanes) is 4. The molecular formula is C14H30N2O2. The lowest BCUT2D eigenvalue weighted by atomic mass is 10.0. The molecule has 0 spiro atoms. The van der Waals surface area contributed by atoms with E-state index >= 15 is 0 Å². The molecule has 0 aliphatic heterocycles. The fraction of sp³-hybridized carbons (Fsp3) is 0.929. The van der Waals surface area contributed by atoms with Crippen LogP contribution in [0.4, 0.5) is 0 Å². The molecule has 0 fully saturated rings. The van der Waals surface area contributed by atoms with E-state index in [4.69, 9.17) is 10.5 Å². The number of hydrogen-bond acceptors (Lipinski definition) is 3. The van der Waals surface area contributed by atoms with Crippen LogP contribution in [0.1, 0.15) is 59.3 Å². The molecule has 0 aromatic rings. The van der Waals surface area contributed by atoms with Gasteiger partial charge in [0.2, 0.25) is 5.91 Å². The smallest absolute Gasteiger partial charge is 0.239 e. The van der Waals surface area contributed by atoms with E-state index in [1.807, 2.05) is 6.92 Å². The number of ether oxygens (including phenoxy) is 1. The molecule has 0 heterocycles. The van der Waals surface area contributed by atoms with Gasteiger partial charge in [-0.3, -0.25) is 4.79 Å². The summed E-state index contributed by atoms with van der Waals surface area (Å²) in [5.74, 6) is -0.345. The van der Waals surface area contributed by atoms with E-state index in [1.54, 1.807) is 0 Å². The van der Waals surface area contributed by atoms with Crippen molar-refractivity contribution >= 4 is 5.91 Å². The minimum atomic E-state index is -0.737. The summed E-state index contributed by atoms with van der Waals surface area (Å²) in [7, 11) is 0. The summed E-state index contributed by atoms with van der Waals surface area (Å²) in [6.07, 6.45) is 7.03.